The number of nitrogens with one attached hydrogen (secondary N) is 2. The molecule has 2 N–H and O–H groups in total. The van der Waals surface area contributed by atoms with Crippen LogP contribution in [0.4, 0.5) is 22.4 Å². The zero-order valence-electron chi connectivity index (χ0n) is 16.3. The third-order valence-electron chi connectivity index (χ3n) is 4.23. The summed E-state index contributed by atoms with van der Waals surface area (Å²) in [6.07, 6.45) is -5.83. The molecule has 1 aromatic carbocycles. The monoisotopic (exact) mass is 468 g/mol. The van der Waals surface area contributed by atoms with E-state index in [0.29, 0.717) is 0 Å². The van der Waals surface area contributed by atoms with Gasteiger partial charge in [0.05, 0.1) is 17.7 Å². The smallest absolute Gasteiger partial charge is 0.484 e. The number of carbonyl (C=O) groups is 2. The lowest BCUT2D eigenvalue weighted by molar-refractivity contribution is -0.354. The van der Waals surface area contributed by atoms with Crippen molar-refractivity contribution >= 4 is 23.6 Å². The number of benzene rings is 1. The molecule has 1 aliphatic rings. The van der Waals surface area contributed by atoms with Gasteiger partial charge in [0.15, 0.2) is 6.61 Å². The SMILES string of the molecule is C=C(CCNC(=O)COc1ccc(Cl)c(F)c1)NC(=O)OCC1CC(OC(F)(F)F)C1. The average Bonchev–Trinajstić information content (AvgIpc) is 2.63. The number of hydrogen-bond acceptors (Lipinski definition) is 5. The second kappa shape index (κ2) is 11.2. The molecule has 1 aliphatic carbocycles. The van der Waals surface area contributed by atoms with Crippen molar-refractivity contribution in [1.29, 1.82) is 0 Å². The van der Waals surface area contributed by atoms with E-state index >= 15 is 0 Å². The molecule has 1 aromatic rings. The first kappa shape index (κ1) is 24.7. The highest BCUT2D eigenvalue weighted by molar-refractivity contribution is 6.30. The Balaban J connectivity index is 1.52. The van der Waals surface area contributed by atoms with Gasteiger partial charge in [-0.15, -0.1) is 13.2 Å². The van der Waals surface area contributed by atoms with Gasteiger partial charge < -0.3 is 14.8 Å². The normalized spacial score (nSPS) is 18.0. The van der Waals surface area contributed by atoms with E-state index in [1.54, 1.807) is 0 Å². The zero-order valence-corrected chi connectivity index (χ0v) is 17.0. The fourth-order valence-electron chi connectivity index (χ4n) is 2.65. The van der Waals surface area contributed by atoms with Crippen molar-refractivity contribution in [2.75, 3.05) is 19.8 Å². The molecule has 12 heteroatoms. The summed E-state index contributed by atoms with van der Waals surface area (Å²) in [4.78, 5) is 23.4. The molecular formula is C19H21ClF4N2O5. The van der Waals surface area contributed by atoms with Gasteiger partial charge in [-0.2, -0.15) is 0 Å². The molecule has 7 nitrogen and oxygen atoms in total. The largest absolute Gasteiger partial charge is 0.522 e. The maximum Gasteiger partial charge on any atom is 0.522 e. The van der Waals surface area contributed by atoms with Crippen LogP contribution in [0.15, 0.2) is 30.5 Å². The Labute approximate surface area is 180 Å². The van der Waals surface area contributed by atoms with Crippen molar-refractivity contribution in [2.45, 2.75) is 31.7 Å². The fourth-order valence-corrected chi connectivity index (χ4v) is 2.77. The molecule has 2 amide bonds. The summed E-state index contributed by atoms with van der Waals surface area (Å²) in [5.74, 6) is -1.18. The molecule has 2 rings (SSSR count). The van der Waals surface area contributed by atoms with Crippen LogP contribution in [0, 0.1) is 11.7 Å². The maximum absolute atomic E-state index is 13.3. The van der Waals surface area contributed by atoms with E-state index in [2.05, 4.69) is 21.9 Å². The van der Waals surface area contributed by atoms with Gasteiger partial charge in [0.1, 0.15) is 11.6 Å². The highest BCUT2D eigenvalue weighted by Gasteiger charge is 2.40. The Hall–Kier alpha value is -2.53. The Morgan fingerprint density at radius 2 is 1.97 bits per heavy atom. The van der Waals surface area contributed by atoms with Gasteiger partial charge in [0, 0.05) is 24.7 Å². The minimum Gasteiger partial charge on any atom is -0.484 e. The first-order valence-corrected chi connectivity index (χ1v) is 9.60. The van der Waals surface area contributed by atoms with Crippen LogP contribution >= 0.6 is 11.6 Å². The Morgan fingerprint density at radius 3 is 2.61 bits per heavy atom. The van der Waals surface area contributed by atoms with Crippen molar-refractivity contribution in [3.05, 3.63) is 41.3 Å². The van der Waals surface area contributed by atoms with Crippen molar-refractivity contribution in [2.24, 2.45) is 5.92 Å². The molecule has 0 spiro atoms. The van der Waals surface area contributed by atoms with Gasteiger partial charge >= 0.3 is 12.5 Å². The Kier molecular flexibility index (Phi) is 8.93. The molecule has 172 valence electrons. The van der Waals surface area contributed by atoms with Crippen molar-refractivity contribution in [3.63, 3.8) is 0 Å². The van der Waals surface area contributed by atoms with Crippen molar-refractivity contribution in [3.8, 4) is 5.75 Å². The van der Waals surface area contributed by atoms with Gasteiger partial charge in [0.2, 0.25) is 0 Å². The third kappa shape index (κ3) is 9.43. The minimum atomic E-state index is -4.67. The molecule has 1 fully saturated rings. The van der Waals surface area contributed by atoms with Crippen LogP contribution in [0.2, 0.25) is 5.02 Å². The quantitative estimate of drug-likeness (QED) is 0.508. The first-order chi connectivity index (χ1) is 14.5. The van der Waals surface area contributed by atoms with Crippen molar-refractivity contribution in [1.82, 2.24) is 10.6 Å². The standard InChI is InChI=1S/C19H21ClF4N2O5/c1-11(26-18(28)30-9-12-6-14(7-12)31-19(22,23)24)4-5-25-17(27)10-29-13-2-3-15(20)16(21)8-13/h2-3,8,12,14H,1,4-7,9-10H2,(H,25,27)(H,26,28). The Morgan fingerprint density at radius 1 is 1.26 bits per heavy atom. The lowest BCUT2D eigenvalue weighted by Gasteiger charge is -2.34. The van der Waals surface area contributed by atoms with Gasteiger partial charge in [-0.05, 0) is 30.9 Å². The number of rotatable bonds is 10. The molecule has 1 saturated carbocycles. The molecule has 0 unspecified atom stereocenters. The molecule has 0 aliphatic heterocycles. The van der Waals surface area contributed by atoms with Gasteiger partial charge in [-0.3, -0.25) is 14.8 Å². The predicted molar refractivity (Wildman–Crippen MR) is 102 cm³/mol. The number of halogens is 5. The molecule has 31 heavy (non-hydrogen) atoms. The predicted octanol–water partition coefficient (Wildman–Crippen LogP) is 3.92. The topological polar surface area (TPSA) is 85.9 Å². The number of alkyl halides is 3. The van der Waals surface area contributed by atoms with Crippen LogP contribution in [0.1, 0.15) is 19.3 Å². The van der Waals surface area contributed by atoms with E-state index in [9.17, 15) is 27.2 Å². The summed E-state index contributed by atoms with van der Waals surface area (Å²) < 4.78 is 63.3. The van der Waals surface area contributed by atoms with Crippen LogP contribution in [0.5, 0.6) is 5.75 Å². The van der Waals surface area contributed by atoms with Crippen LogP contribution in [-0.2, 0) is 14.3 Å². The number of ether oxygens (including phenoxy) is 3. The molecule has 0 radical (unpaired) electrons. The van der Waals surface area contributed by atoms with Crippen LogP contribution in [0.3, 0.4) is 0 Å². The van der Waals surface area contributed by atoms with Gasteiger partial charge in [-0.25, -0.2) is 9.18 Å². The maximum atomic E-state index is 13.3. The molecule has 0 bridgehead atoms. The van der Waals surface area contributed by atoms with Gasteiger partial charge in [-0.1, -0.05) is 18.2 Å². The molecule has 0 heterocycles. The van der Waals surface area contributed by atoms with Crippen LogP contribution < -0.4 is 15.4 Å². The van der Waals surface area contributed by atoms with E-state index in [4.69, 9.17) is 21.1 Å². The highest BCUT2D eigenvalue weighted by Crippen LogP contribution is 2.34. The molecule has 0 saturated heterocycles. The highest BCUT2D eigenvalue weighted by atomic mass is 35.5. The fraction of sp³-hybridized carbons (Fsp3) is 0.474. The van der Waals surface area contributed by atoms with Crippen LogP contribution in [0.25, 0.3) is 0 Å². The second-order valence-corrected chi connectivity index (χ2v) is 7.22. The van der Waals surface area contributed by atoms with Crippen LogP contribution in [-0.4, -0.2) is 44.2 Å². The minimum absolute atomic E-state index is 0.0316. The first-order valence-electron chi connectivity index (χ1n) is 9.22. The summed E-state index contributed by atoms with van der Waals surface area (Å²) in [6, 6.07) is 3.78. The van der Waals surface area contributed by atoms with E-state index < -0.39 is 30.3 Å². The third-order valence-corrected chi connectivity index (χ3v) is 4.54. The van der Waals surface area contributed by atoms with Gasteiger partial charge in [0.25, 0.3) is 5.91 Å². The lowest BCUT2D eigenvalue weighted by Crippen LogP contribution is -2.39. The average molecular weight is 469 g/mol. The van der Waals surface area contributed by atoms with E-state index in [0.717, 1.165) is 6.07 Å². The van der Waals surface area contributed by atoms with E-state index in [-0.39, 0.29) is 61.4 Å². The summed E-state index contributed by atoms with van der Waals surface area (Å²) >= 11 is 5.55. The number of hydrogen-bond donors (Lipinski definition) is 2. The molecular weight excluding hydrogens is 448 g/mol. The number of amides is 2. The molecule has 0 aromatic heterocycles. The summed E-state index contributed by atoms with van der Waals surface area (Å²) in [7, 11) is 0. The summed E-state index contributed by atoms with van der Waals surface area (Å²) in [6.45, 7) is 3.40. The van der Waals surface area contributed by atoms with Crippen molar-refractivity contribution < 1.29 is 41.4 Å². The second-order valence-electron chi connectivity index (χ2n) is 6.81. The summed E-state index contributed by atoms with van der Waals surface area (Å²) in [5, 5.41) is 4.84. The van der Waals surface area contributed by atoms with E-state index in [1.807, 2.05) is 0 Å². The number of alkyl carbamates (subject to hydrolysis) is 1. The van der Waals surface area contributed by atoms with E-state index in [1.165, 1.54) is 12.1 Å². The lowest BCUT2D eigenvalue weighted by atomic mass is 9.83. The number of carbonyl (C=O) groups excluding carboxylic acids is 2. The Bertz CT molecular complexity index is 800. The molecule has 0 atom stereocenters. The zero-order chi connectivity index (χ0) is 23.0. The summed E-state index contributed by atoms with van der Waals surface area (Å²) in [5.41, 5.74) is 0.276.